The summed E-state index contributed by atoms with van der Waals surface area (Å²) in [5.41, 5.74) is 0.611. The van der Waals surface area contributed by atoms with Crippen molar-refractivity contribution in [3.05, 3.63) is 30.3 Å². The molecule has 0 fully saturated rings. The van der Waals surface area contributed by atoms with Crippen molar-refractivity contribution >= 4 is 13.3 Å². The van der Waals surface area contributed by atoms with Gasteiger partial charge in [-0.2, -0.15) is 0 Å². The number of benzene rings is 1. The molecule has 0 radical (unpaired) electrons. The Morgan fingerprint density at radius 1 is 1.13 bits per heavy atom. The van der Waals surface area contributed by atoms with E-state index in [-0.39, 0.29) is 6.10 Å². The Hall–Kier alpha value is -0.603. The van der Waals surface area contributed by atoms with Crippen LogP contribution in [0.25, 0.3) is 0 Å². The smallest absolute Gasteiger partial charge is 0.0835 e. The Bertz CT molecular complexity index is 293. The van der Waals surface area contributed by atoms with Crippen molar-refractivity contribution in [2.75, 3.05) is 0 Å². The van der Waals surface area contributed by atoms with Gasteiger partial charge in [-0.15, -0.1) is 0 Å². The highest BCUT2D eigenvalue weighted by Crippen LogP contribution is 2.25. The molecule has 0 amide bonds. The van der Waals surface area contributed by atoms with Crippen LogP contribution in [-0.2, 0) is 0 Å². The fourth-order valence-corrected chi connectivity index (χ4v) is 4.51. The third-order valence-corrected chi connectivity index (χ3v) is 7.97. The molecule has 1 aromatic carbocycles. The normalized spacial score (nSPS) is 16.1. The molecule has 0 heterocycles. The molecule has 0 bridgehead atoms. The van der Waals surface area contributed by atoms with Gasteiger partial charge in [0, 0.05) is 0 Å². The third kappa shape index (κ3) is 3.18. The summed E-state index contributed by atoms with van der Waals surface area (Å²) in [5, 5.41) is 10.9. The Labute approximate surface area is 94.2 Å². The summed E-state index contributed by atoms with van der Waals surface area (Å²) in [4.78, 5) is 0. The fraction of sp³-hybridized carbons (Fsp3) is 0.538. The van der Waals surface area contributed by atoms with Crippen molar-refractivity contribution < 1.29 is 5.11 Å². The lowest BCUT2D eigenvalue weighted by Gasteiger charge is -2.31. The van der Waals surface area contributed by atoms with Gasteiger partial charge < -0.3 is 5.11 Å². The van der Waals surface area contributed by atoms with Gasteiger partial charge in [-0.25, -0.2) is 0 Å². The van der Waals surface area contributed by atoms with Gasteiger partial charge in [0.15, 0.2) is 0 Å². The first kappa shape index (κ1) is 12.5. The molecule has 0 aliphatic carbocycles. The summed E-state index contributed by atoms with van der Waals surface area (Å²) in [5.74, 6) is 0. The van der Waals surface area contributed by atoms with E-state index in [1.165, 1.54) is 5.19 Å². The van der Waals surface area contributed by atoms with Crippen LogP contribution in [0, 0.1) is 0 Å². The monoisotopic (exact) mass is 222 g/mol. The van der Waals surface area contributed by atoms with Crippen LogP contribution in [0.15, 0.2) is 30.3 Å². The average Bonchev–Trinajstić information content (AvgIpc) is 2.18. The lowest BCUT2D eigenvalue weighted by atomic mass is 10.2. The number of rotatable bonds is 4. The van der Waals surface area contributed by atoms with Crippen molar-refractivity contribution in [3.8, 4) is 0 Å². The zero-order chi connectivity index (χ0) is 11.5. The number of hydrogen-bond donors (Lipinski definition) is 1. The average molecular weight is 222 g/mol. The Balaban J connectivity index is 2.82. The molecule has 84 valence electrons. The highest BCUT2D eigenvalue weighted by atomic mass is 28.3. The zero-order valence-electron chi connectivity index (χ0n) is 10.2. The van der Waals surface area contributed by atoms with Gasteiger partial charge in [0.1, 0.15) is 0 Å². The SMILES string of the molecule is C[C@@H](O)C[C@H](C)[Si](C)(C)c1ccccc1. The van der Waals surface area contributed by atoms with Crippen LogP contribution in [0.3, 0.4) is 0 Å². The maximum Gasteiger partial charge on any atom is 0.0835 e. The van der Waals surface area contributed by atoms with E-state index in [2.05, 4.69) is 50.3 Å². The lowest BCUT2D eigenvalue weighted by Crippen LogP contribution is -2.45. The molecule has 1 N–H and O–H groups in total. The van der Waals surface area contributed by atoms with Crippen molar-refractivity contribution in [2.45, 2.75) is 45.0 Å². The largest absolute Gasteiger partial charge is 0.393 e. The molecule has 1 rings (SSSR count). The van der Waals surface area contributed by atoms with Crippen LogP contribution in [0.4, 0.5) is 0 Å². The van der Waals surface area contributed by atoms with Crippen LogP contribution in [0.2, 0.25) is 18.6 Å². The zero-order valence-corrected chi connectivity index (χ0v) is 11.2. The van der Waals surface area contributed by atoms with Crippen molar-refractivity contribution in [1.82, 2.24) is 0 Å². The Kier molecular flexibility index (Phi) is 4.11. The molecule has 0 aromatic heterocycles. The highest BCUT2D eigenvalue weighted by molar-refractivity contribution is 6.90. The van der Waals surface area contributed by atoms with E-state index in [1.807, 2.05) is 6.92 Å². The minimum atomic E-state index is -1.41. The van der Waals surface area contributed by atoms with Crippen LogP contribution >= 0.6 is 0 Å². The quantitative estimate of drug-likeness (QED) is 0.777. The summed E-state index contributed by atoms with van der Waals surface area (Å²) < 4.78 is 0. The van der Waals surface area contributed by atoms with Crippen molar-refractivity contribution in [2.24, 2.45) is 0 Å². The second-order valence-electron chi connectivity index (χ2n) is 5.07. The predicted octanol–water partition coefficient (Wildman–Crippen LogP) is 2.76. The van der Waals surface area contributed by atoms with E-state index in [0.717, 1.165) is 6.42 Å². The van der Waals surface area contributed by atoms with Gasteiger partial charge >= 0.3 is 0 Å². The van der Waals surface area contributed by atoms with Crippen molar-refractivity contribution in [3.63, 3.8) is 0 Å². The second kappa shape index (κ2) is 4.95. The summed E-state index contributed by atoms with van der Waals surface area (Å²) in [7, 11) is -1.41. The molecule has 0 aliphatic heterocycles. The molecule has 0 saturated carbocycles. The summed E-state index contributed by atoms with van der Waals surface area (Å²) in [6, 6.07) is 10.7. The topological polar surface area (TPSA) is 20.2 Å². The fourth-order valence-electron chi connectivity index (χ4n) is 1.96. The van der Waals surface area contributed by atoms with Gasteiger partial charge in [-0.05, 0) is 18.9 Å². The van der Waals surface area contributed by atoms with Crippen LogP contribution < -0.4 is 5.19 Å². The van der Waals surface area contributed by atoms with Gasteiger partial charge in [-0.1, -0.05) is 55.5 Å². The van der Waals surface area contributed by atoms with E-state index in [4.69, 9.17) is 0 Å². The maximum atomic E-state index is 9.46. The molecule has 15 heavy (non-hydrogen) atoms. The number of aliphatic hydroxyl groups is 1. The van der Waals surface area contributed by atoms with E-state index >= 15 is 0 Å². The predicted molar refractivity (Wildman–Crippen MR) is 69.3 cm³/mol. The molecular weight excluding hydrogens is 200 g/mol. The molecule has 0 unspecified atom stereocenters. The van der Waals surface area contributed by atoms with Gasteiger partial charge in [-0.3, -0.25) is 0 Å². The number of aliphatic hydroxyl groups excluding tert-OH is 1. The van der Waals surface area contributed by atoms with Crippen LogP contribution in [0.1, 0.15) is 20.3 Å². The van der Waals surface area contributed by atoms with E-state index < -0.39 is 8.07 Å². The lowest BCUT2D eigenvalue weighted by molar-refractivity contribution is 0.183. The summed E-state index contributed by atoms with van der Waals surface area (Å²) in [6.07, 6.45) is 0.726. The Morgan fingerprint density at radius 2 is 1.67 bits per heavy atom. The molecule has 1 nitrogen and oxygen atoms in total. The van der Waals surface area contributed by atoms with E-state index in [9.17, 15) is 5.11 Å². The first-order chi connectivity index (χ1) is 6.94. The van der Waals surface area contributed by atoms with Crippen molar-refractivity contribution in [1.29, 1.82) is 0 Å². The minimum absolute atomic E-state index is 0.185. The molecular formula is C13H22OSi. The van der Waals surface area contributed by atoms with Gasteiger partial charge in [0.05, 0.1) is 14.2 Å². The summed E-state index contributed by atoms with van der Waals surface area (Å²) in [6.45, 7) is 8.92. The Morgan fingerprint density at radius 3 is 2.13 bits per heavy atom. The molecule has 0 saturated heterocycles. The molecule has 2 atom stereocenters. The summed E-state index contributed by atoms with van der Waals surface area (Å²) >= 11 is 0. The van der Waals surface area contributed by atoms with Crippen LogP contribution in [0.5, 0.6) is 0 Å². The maximum absolute atomic E-state index is 9.46. The molecule has 2 heteroatoms. The van der Waals surface area contributed by atoms with Gasteiger partial charge in [0.2, 0.25) is 0 Å². The van der Waals surface area contributed by atoms with Gasteiger partial charge in [0.25, 0.3) is 0 Å². The van der Waals surface area contributed by atoms with E-state index in [0.29, 0.717) is 5.54 Å². The number of hydrogen-bond acceptors (Lipinski definition) is 1. The minimum Gasteiger partial charge on any atom is -0.393 e. The molecule has 0 aliphatic rings. The first-order valence-corrected chi connectivity index (χ1v) is 8.76. The van der Waals surface area contributed by atoms with E-state index in [1.54, 1.807) is 0 Å². The second-order valence-corrected chi connectivity index (χ2v) is 10.1. The highest BCUT2D eigenvalue weighted by Gasteiger charge is 2.30. The standard InChI is InChI=1S/C13H22OSi/c1-11(14)10-12(2)15(3,4)13-8-6-5-7-9-13/h5-9,11-12,14H,10H2,1-4H3/t11-,12+/m1/s1. The molecule has 0 spiro atoms. The van der Waals surface area contributed by atoms with Crippen LogP contribution in [-0.4, -0.2) is 19.3 Å². The molecule has 1 aromatic rings. The third-order valence-electron chi connectivity index (χ3n) is 3.44. The first-order valence-electron chi connectivity index (χ1n) is 5.68.